The van der Waals surface area contributed by atoms with Crippen LogP contribution in [0.3, 0.4) is 0 Å². The van der Waals surface area contributed by atoms with Crippen molar-refractivity contribution in [2.24, 2.45) is 0 Å². The van der Waals surface area contributed by atoms with E-state index in [1.54, 1.807) is 0 Å². The number of aromatic amines is 2. The maximum Gasteiger partial charge on any atom is 0.0738 e. The normalized spacial score (nSPS) is 11.8. The Morgan fingerprint density at radius 2 is 0.547 bits per heavy atom. The zero-order valence-corrected chi connectivity index (χ0v) is 31.0. The summed E-state index contributed by atoms with van der Waals surface area (Å²) in [6.07, 6.45) is 8.57. The molecule has 261 valence electrons. The first-order chi connectivity index (χ1) is 25.4. The molecule has 0 unspecified atom stereocenters. The SMILES string of the molecule is Cc1ccc(-c2c3nc(c(-c4ccc(C)cc4)c4ccc([nH]4)c(-c4ccc(C)cc4)c4ccc([nH]4)c(-c4ccc(C)cc4)c4nc2C=C4)C=C3)cc1.[Cu]. The molecule has 0 saturated heterocycles. The molecule has 0 saturated carbocycles. The molecule has 9 rings (SSSR count). The molecule has 1 radical (unpaired) electrons. The summed E-state index contributed by atoms with van der Waals surface area (Å²) in [6, 6.07) is 43.6. The first-order valence-corrected chi connectivity index (χ1v) is 17.8. The second kappa shape index (κ2) is 13.9. The van der Waals surface area contributed by atoms with E-state index in [2.05, 4.69) is 183 Å². The number of aromatic nitrogens is 4. The van der Waals surface area contributed by atoms with Crippen molar-refractivity contribution in [3.8, 4) is 44.5 Å². The van der Waals surface area contributed by atoms with Crippen LogP contribution in [-0.2, 0) is 17.1 Å². The summed E-state index contributed by atoms with van der Waals surface area (Å²) < 4.78 is 0. The number of nitrogens with one attached hydrogen (secondary N) is 2. The Morgan fingerprint density at radius 3 is 0.868 bits per heavy atom. The van der Waals surface area contributed by atoms with Gasteiger partial charge in [0.15, 0.2) is 0 Å². The molecule has 0 atom stereocenters. The van der Waals surface area contributed by atoms with Crippen LogP contribution in [0.2, 0.25) is 0 Å². The van der Waals surface area contributed by atoms with Crippen LogP contribution in [0.15, 0.2) is 121 Å². The van der Waals surface area contributed by atoms with Crippen molar-refractivity contribution in [1.29, 1.82) is 0 Å². The number of nitrogens with zero attached hydrogens (tertiary/aromatic N) is 2. The molecule has 2 aliphatic heterocycles. The summed E-state index contributed by atoms with van der Waals surface area (Å²) in [7, 11) is 0. The molecule has 5 heteroatoms. The minimum Gasteiger partial charge on any atom is -0.354 e. The zero-order valence-electron chi connectivity index (χ0n) is 30.1. The molecule has 2 aliphatic rings. The molecule has 8 bridgehead atoms. The molecule has 53 heavy (non-hydrogen) atoms. The van der Waals surface area contributed by atoms with Crippen LogP contribution < -0.4 is 0 Å². The molecule has 5 heterocycles. The van der Waals surface area contributed by atoms with E-state index in [-0.39, 0.29) is 17.1 Å². The van der Waals surface area contributed by atoms with Crippen LogP contribution in [0.25, 0.3) is 90.9 Å². The van der Waals surface area contributed by atoms with Crippen LogP contribution in [0.4, 0.5) is 0 Å². The molecule has 0 amide bonds. The van der Waals surface area contributed by atoms with E-state index in [1.807, 2.05) is 0 Å². The minimum absolute atomic E-state index is 0. The summed E-state index contributed by atoms with van der Waals surface area (Å²) in [4.78, 5) is 18.5. The van der Waals surface area contributed by atoms with Gasteiger partial charge in [0.05, 0.1) is 22.8 Å². The van der Waals surface area contributed by atoms with Crippen molar-refractivity contribution in [1.82, 2.24) is 19.9 Å². The fourth-order valence-electron chi connectivity index (χ4n) is 7.30. The third kappa shape index (κ3) is 6.40. The summed E-state index contributed by atoms with van der Waals surface area (Å²) in [5.41, 5.74) is 21.1. The Labute approximate surface area is 320 Å². The predicted octanol–water partition coefficient (Wildman–Crippen LogP) is 12.6. The van der Waals surface area contributed by atoms with Gasteiger partial charge >= 0.3 is 0 Å². The van der Waals surface area contributed by atoms with Crippen molar-refractivity contribution >= 4 is 46.4 Å². The number of H-pyrrole nitrogens is 2. The monoisotopic (exact) mass is 733 g/mol. The van der Waals surface area contributed by atoms with Gasteiger partial charge in [0, 0.05) is 61.4 Å². The van der Waals surface area contributed by atoms with E-state index in [9.17, 15) is 0 Å². The number of fused-ring (bicyclic) bond motifs is 8. The maximum atomic E-state index is 5.40. The quantitative estimate of drug-likeness (QED) is 0.177. The molecule has 0 aliphatic carbocycles. The van der Waals surface area contributed by atoms with Gasteiger partial charge in [-0.15, -0.1) is 0 Å². The fraction of sp³-hybridized carbons (Fsp3) is 0.0833. The van der Waals surface area contributed by atoms with Crippen LogP contribution in [0, 0.1) is 27.7 Å². The summed E-state index contributed by atoms with van der Waals surface area (Å²) in [5.74, 6) is 0. The molecule has 4 nitrogen and oxygen atoms in total. The predicted molar refractivity (Wildman–Crippen MR) is 220 cm³/mol. The first kappa shape index (κ1) is 34.1. The van der Waals surface area contributed by atoms with Crippen LogP contribution in [0.5, 0.6) is 0 Å². The van der Waals surface area contributed by atoms with E-state index >= 15 is 0 Å². The molecule has 7 aromatic rings. The smallest absolute Gasteiger partial charge is 0.0738 e. The van der Waals surface area contributed by atoms with E-state index in [1.165, 1.54) is 22.3 Å². The van der Waals surface area contributed by atoms with Gasteiger partial charge in [-0.05, 0) is 98.5 Å². The number of benzene rings is 4. The molecule has 0 fully saturated rings. The van der Waals surface area contributed by atoms with Gasteiger partial charge in [-0.25, -0.2) is 9.97 Å². The number of rotatable bonds is 4. The molecule has 0 spiro atoms. The van der Waals surface area contributed by atoms with Gasteiger partial charge < -0.3 is 9.97 Å². The van der Waals surface area contributed by atoms with E-state index < -0.39 is 0 Å². The first-order valence-electron chi connectivity index (χ1n) is 17.8. The molecular weight excluding hydrogens is 696 g/mol. The number of hydrogen-bond donors (Lipinski definition) is 2. The summed E-state index contributed by atoms with van der Waals surface area (Å²) in [6.45, 7) is 8.49. The van der Waals surface area contributed by atoms with Gasteiger partial charge in [0.25, 0.3) is 0 Å². The van der Waals surface area contributed by atoms with Gasteiger partial charge in [-0.1, -0.05) is 119 Å². The van der Waals surface area contributed by atoms with E-state index in [0.29, 0.717) is 0 Å². The van der Waals surface area contributed by atoms with Crippen LogP contribution in [-0.4, -0.2) is 19.9 Å². The Balaban J connectivity index is 0.00000400. The largest absolute Gasteiger partial charge is 0.354 e. The third-order valence-electron chi connectivity index (χ3n) is 10.1. The molecule has 3 aromatic heterocycles. The second-order valence-corrected chi connectivity index (χ2v) is 14.0. The van der Waals surface area contributed by atoms with Crippen molar-refractivity contribution in [2.75, 3.05) is 0 Å². The van der Waals surface area contributed by atoms with Gasteiger partial charge in [0.2, 0.25) is 0 Å². The molecule has 2 N–H and O–H groups in total. The topological polar surface area (TPSA) is 57.4 Å². The van der Waals surface area contributed by atoms with E-state index in [4.69, 9.17) is 9.97 Å². The Bertz CT molecular complexity index is 2580. The summed E-state index contributed by atoms with van der Waals surface area (Å²) in [5, 5.41) is 0. The van der Waals surface area contributed by atoms with Crippen molar-refractivity contribution in [2.45, 2.75) is 27.7 Å². The summed E-state index contributed by atoms with van der Waals surface area (Å²) >= 11 is 0. The van der Waals surface area contributed by atoms with Crippen molar-refractivity contribution in [3.05, 3.63) is 166 Å². The Hall–Kier alpha value is -6.00. The van der Waals surface area contributed by atoms with E-state index in [0.717, 1.165) is 89.4 Å². The zero-order chi connectivity index (χ0) is 35.3. The second-order valence-electron chi connectivity index (χ2n) is 14.0. The van der Waals surface area contributed by atoms with Gasteiger partial charge in [-0.3, -0.25) is 0 Å². The Morgan fingerprint density at radius 1 is 0.302 bits per heavy atom. The average molecular weight is 734 g/mol. The maximum absolute atomic E-state index is 5.40. The van der Waals surface area contributed by atoms with Gasteiger partial charge in [-0.2, -0.15) is 0 Å². The standard InChI is InChI=1S/C48H38N4.Cu/c1-29-5-13-33(14-6-29)45-37-21-23-39(49-37)46(34-15-7-30(2)8-16-34)41-25-27-43(51-41)48(36-19-11-32(4)12-20-36)44-28-26-42(52-44)47(40-24-22-38(45)50-40)35-17-9-31(3)10-18-35;/h5-28,49-50H,1-4H3;. The minimum atomic E-state index is 0. The van der Waals surface area contributed by atoms with Gasteiger partial charge in [0.1, 0.15) is 0 Å². The molecular formula is C48H38CuN4. The fourth-order valence-corrected chi connectivity index (χ4v) is 7.30. The number of aryl methyl sites for hydroxylation is 4. The van der Waals surface area contributed by atoms with Crippen molar-refractivity contribution < 1.29 is 17.1 Å². The van der Waals surface area contributed by atoms with Crippen LogP contribution >= 0.6 is 0 Å². The van der Waals surface area contributed by atoms with Crippen LogP contribution in [0.1, 0.15) is 45.0 Å². The third-order valence-corrected chi connectivity index (χ3v) is 10.1. The molecule has 4 aromatic carbocycles. The number of hydrogen-bond acceptors (Lipinski definition) is 2. The average Bonchev–Trinajstić information content (AvgIpc) is 3.99. The van der Waals surface area contributed by atoms with Crippen molar-refractivity contribution in [3.63, 3.8) is 0 Å². The Kier molecular flexibility index (Phi) is 8.91.